The number of carbonyl (C=O) groups is 1. The number of ether oxygens (including phenoxy) is 1. The van der Waals surface area contributed by atoms with Crippen molar-refractivity contribution >= 4 is 44.9 Å². The number of rotatable bonds is 3. The van der Waals surface area contributed by atoms with Crippen LogP contribution in [-0.4, -0.2) is 27.2 Å². The van der Waals surface area contributed by atoms with Crippen LogP contribution >= 0.6 is 23.2 Å². The second-order valence-corrected chi connectivity index (χ2v) is 8.14. The molecule has 0 saturated carbocycles. The third-order valence-corrected chi connectivity index (χ3v) is 5.38. The number of anilines is 1. The van der Waals surface area contributed by atoms with Gasteiger partial charge in [0.25, 0.3) is 0 Å². The van der Waals surface area contributed by atoms with Gasteiger partial charge in [0.1, 0.15) is 5.75 Å². The average Bonchev–Trinajstić information content (AvgIpc) is 2.93. The van der Waals surface area contributed by atoms with Crippen molar-refractivity contribution in [1.82, 2.24) is 0 Å². The molecular weight excluding hydrogens is 373 g/mol. The fourth-order valence-corrected chi connectivity index (χ4v) is 3.97. The maximum Gasteiger partial charge on any atom is 0.343 e. The van der Waals surface area contributed by atoms with Crippen LogP contribution < -0.4 is 9.04 Å². The van der Waals surface area contributed by atoms with Crippen LogP contribution in [0.5, 0.6) is 5.75 Å². The van der Waals surface area contributed by atoms with Gasteiger partial charge in [-0.25, -0.2) is 13.2 Å². The van der Waals surface area contributed by atoms with E-state index in [0.717, 1.165) is 11.8 Å². The molecule has 2 aromatic carbocycles. The van der Waals surface area contributed by atoms with Crippen LogP contribution in [0, 0.1) is 0 Å². The SMILES string of the molecule is CS(=O)(=O)N1CCc2cc(C(=O)Oc3ccc(Cl)cc3Cl)ccc21. The highest BCUT2D eigenvalue weighted by atomic mass is 35.5. The number of carbonyl (C=O) groups excluding carboxylic acids is 1. The van der Waals surface area contributed by atoms with Crippen molar-refractivity contribution in [3.05, 3.63) is 57.6 Å². The number of sulfonamides is 1. The predicted molar refractivity (Wildman–Crippen MR) is 93.8 cm³/mol. The Kier molecular flexibility index (Phi) is 4.46. The van der Waals surface area contributed by atoms with Gasteiger partial charge in [0.2, 0.25) is 10.0 Å². The first-order valence-electron chi connectivity index (χ1n) is 7.03. The minimum absolute atomic E-state index is 0.212. The number of nitrogens with zero attached hydrogens (tertiary/aromatic N) is 1. The Morgan fingerprint density at radius 1 is 1.17 bits per heavy atom. The molecule has 8 heteroatoms. The Bertz CT molecular complexity index is 928. The van der Waals surface area contributed by atoms with E-state index in [0.29, 0.717) is 29.2 Å². The van der Waals surface area contributed by atoms with E-state index in [1.54, 1.807) is 18.2 Å². The van der Waals surface area contributed by atoms with Gasteiger partial charge in [0, 0.05) is 11.6 Å². The molecule has 1 heterocycles. The van der Waals surface area contributed by atoms with Gasteiger partial charge in [-0.15, -0.1) is 0 Å². The third kappa shape index (κ3) is 3.36. The second kappa shape index (κ2) is 6.27. The van der Waals surface area contributed by atoms with Gasteiger partial charge in [-0.3, -0.25) is 4.31 Å². The van der Waals surface area contributed by atoms with Crippen LogP contribution in [0.25, 0.3) is 0 Å². The Balaban J connectivity index is 1.85. The van der Waals surface area contributed by atoms with Crippen molar-refractivity contribution < 1.29 is 17.9 Å². The maximum atomic E-state index is 12.3. The van der Waals surface area contributed by atoms with Gasteiger partial charge in [0.15, 0.2) is 0 Å². The number of hydrogen-bond donors (Lipinski definition) is 0. The van der Waals surface area contributed by atoms with Crippen LogP contribution in [0.3, 0.4) is 0 Å². The van der Waals surface area contributed by atoms with Crippen molar-refractivity contribution in [3.8, 4) is 5.75 Å². The Labute approximate surface area is 149 Å². The minimum Gasteiger partial charge on any atom is -0.421 e. The summed E-state index contributed by atoms with van der Waals surface area (Å²) in [5, 5.41) is 0.679. The Hall–Kier alpha value is -1.76. The van der Waals surface area contributed by atoms with E-state index >= 15 is 0 Å². The lowest BCUT2D eigenvalue weighted by Crippen LogP contribution is -2.27. The Morgan fingerprint density at radius 2 is 1.92 bits per heavy atom. The lowest BCUT2D eigenvalue weighted by molar-refractivity contribution is 0.0735. The number of hydrogen-bond acceptors (Lipinski definition) is 4. The summed E-state index contributed by atoms with van der Waals surface area (Å²) in [4.78, 5) is 12.3. The largest absolute Gasteiger partial charge is 0.421 e. The summed E-state index contributed by atoms with van der Waals surface area (Å²) in [6, 6.07) is 9.37. The van der Waals surface area contributed by atoms with E-state index in [4.69, 9.17) is 27.9 Å². The van der Waals surface area contributed by atoms with Crippen LogP contribution in [-0.2, 0) is 16.4 Å². The molecule has 0 spiro atoms. The quantitative estimate of drug-likeness (QED) is 0.598. The van der Waals surface area contributed by atoms with Crippen LogP contribution in [0.4, 0.5) is 5.69 Å². The van der Waals surface area contributed by atoms with Crippen molar-refractivity contribution in [2.45, 2.75) is 6.42 Å². The summed E-state index contributed by atoms with van der Waals surface area (Å²) >= 11 is 11.8. The molecular formula is C16H13Cl2NO4S. The monoisotopic (exact) mass is 385 g/mol. The molecule has 126 valence electrons. The van der Waals surface area contributed by atoms with E-state index in [2.05, 4.69) is 0 Å². The first-order chi connectivity index (χ1) is 11.3. The molecule has 0 amide bonds. The highest BCUT2D eigenvalue weighted by Crippen LogP contribution is 2.32. The number of halogens is 2. The minimum atomic E-state index is -3.32. The molecule has 0 radical (unpaired) electrons. The predicted octanol–water partition coefficient (Wildman–Crippen LogP) is 3.53. The van der Waals surface area contributed by atoms with Gasteiger partial charge < -0.3 is 4.74 Å². The van der Waals surface area contributed by atoms with Gasteiger partial charge in [0.05, 0.1) is 22.5 Å². The van der Waals surface area contributed by atoms with Crippen LogP contribution in [0.1, 0.15) is 15.9 Å². The van der Waals surface area contributed by atoms with Gasteiger partial charge in [-0.1, -0.05) is 23.2 Å². The van der Waals surface area contributed by atoms with Crippen LogP contribution in [0.15, 0.2) is 36.4 Å². The Morgan fingerprint density at radius 3 is 2.58 bits per heavy atom. The van der Waals surface area contributed by atoms with Crippen molar-refractivity contribution in [1.29, 1.82) is 0 Å². The molecule has 1 aliphatic rings. The van der Waals surface area contributed by atoms with E-state index in [1.807, 2.05) is 0 Å². The summed E-state index contributed by atoms with van der Waals surface area (Å²) in [6.07, 6.45) is 1.71. The number of fused-ring (bicyclic) bond motifs is 1. The zero-order chi connectivity index (χ0) is 17.5. The van der Waals surface area contributed by atoms with Crippen LogP contribution in [0.2, 0.25) is 10.0 Å². The zero-order valence-electron chi connectivity index (χ0n) is 12.6. The van der Waals surface area contributed by atoms with Crippen molar-refractivity contribution in [2.24, 2.45) is 0 Å². The molecule has 0 aliphatic carbocycles. The van der Waals surface area contributed by atoms with E-state index < -0.39 is 16.0 Å². The molecule has 2 aromatic rings. The molecule has 0 unspecified atom stereocenters. The van der Waals surface area contributed by atoms with Gasteiger partial charge in [-0.05, 0) is 48.4 Å². The molecule has 0 saturated heterocycles. The maximum absolute atomic E-state index is 12.3. The molecule has 5 nitrogen and oxygen atoms in total. The summed E-state index contributed by atoms with van der Waals surface area (Å²) < 4.78 is 30.1. The summed E-state index contributed by atoms with van der Waals surface area (Å²) in [6.45, 7) is 0.371. The molecule has 0 bridgehead atoms. The first kappa shape index (κ1) is 17.1. The highest BCUT2D eigenvalue weighted by molar-refractivity contribution is 7.92. The summed E-state index contributed by atoms with van der Waals surface area (Å²) in [5.74, 6) is -0.357. The average molecular weight is 386 g/mol. The van der Waals surface area contributed by atoms with E-state index in [9.17, 15) is 13.2 Å². The van der Waals surface area contributed by atoms with Crippen molar-refractivity contribution in [2.75, 3.05) is 17.1 Å². The van der Waals surface area contributed by atoms with Crippen molar-refractivity contribution in [3.63, 3.8) is 0 Å². The summed E-state index contributed by atoms with van der Waals surface area (Å²) in [7, 11) is -3.32. The fraction of sp³-hybridized carbons (Fsp3) is 0.188. The highest BCUT2D eigenvalue weighted by Gasteiger charge is 2.27. The number of benzene rings is 2. The van der Waals surface area contributed by atoms with E-state index in [-0.39, 0.29) is 10.8 Å². The normalized spacial score (nSPS) is 13.7. The lowest BCUT2D eigenvalue weighted by Gasteiger charge is -2.16. The molecule has 0 aromatic heterocycles. The zero-order valence-corrected chi connectivity index (χ0v) is 15.0. The van der Waals surface area contributed by atoms with E-state index in [1.165, 1.54) is 22.5 Å². The topological polar surface area (TPSA) is 63.7 Å². The molecule has 0 fully saturated rings. The summed E-state index contributed by atoms with van der Waals surface area (Å²) in [5.41, 5.74) is 1.71. The van der Waals surface area contributed by atoms with Gasteiger partial charge in [-0.2, -0.15) is 0 Å². The standard InChI is InChI=1S/C16H13Cl2NO4S/c1-24(21,22)19-7-6-10-8-11(2-4-14(10)19)16(20)23-15-5-3-12(17)9-13(15)18/h2-5,8-9H,6-7H2,1H3. The molecule has 0 N–H and O–H groups in total. The second-order valence-electron chi connectivity index (χ2n) is 5.39. The molecule has 0 atom stereocenters. The molecule has 24 heavy (non-hydrogen) atoms. The molecule has 3 rings (SSSR count). The fourth-order valence-electron chi connectivity index (χ4n) is 2.56. The number of esters is 1. The third-order valence-electron chi connectivity index (χ3n) is 3.67. The van der Waals surface area contributed by atoms with Gasteiger partial charge >= 0.3 is 5.97 Å². The first-order valence-corrected chi connectivity index (χ1v) is 9.64. The molecule has 1 aliphatic heterocycles. The smallest absolute Gasteiger partial charge is 0.343 e. The lowest BCUT2D eigenvalue weighted by atomic mass is 10.1.